The molecule has 0 radical (unpaired) electrons. The first kappa shape index (κ1) is 11.0. The Morgan fingerprint density at radius 3 is 2.44 bits per heavy atom. The van der Waals surface area contributed by atoms with Crippen LogP contribution in [0.5, 0.6) is 0 Å². The molecule has 4 heteroatoms. The Balaban J connectivity index is 2.08. The molecule has 1 aliphatic carbocycles. The van der Waals surface area contributed by atoms with Crippen LogP contribution in [0.25, 0.3) is 0 Å². The molecule has 3 rings (SSSR count). The van der Waals surface area contributed by atoms with E-state index in [0.717, 1.165) is 15.6 Å². The van der Waals surface area contributed by atoms with E-state index in [4.69, 9.17) is 34.8 Å². The van der Waals surface area contributed by atoms with Gasteiger partial charge in [-0.05, 0) is 29.8 Å². The summed E-state index contributed by atoms with van der Waals surface area (Å²) in [7, 11) is 0. The summed E-state index contributed by atoms with van der Waals surface area (Å²) in [4.78, 5) is 0. The topological polar surface area (TPSA) is 0 Å². The number of benzene rings is 1. The van der Waals surface area contributed by atoms with Crippen molar-refractivity contribution in [3.05, 3.63) is 58.1 Å². The third-order valence-corrected chi connectivity index (χ3v) is 5.65. The molecule has 1 saturated heterocycles. The van der Waals surface area contributed by atoms with Crippen LogP contribution in [0.1, 0.15) is 5.56 Å². The Hall–Kier alpha value is -0.0800. The Bertz CT molecular complexity index is 506. The van der Waals surface area contributed by atoms with Crippen LogP contribution in [0.15, 0.2) is 47.5 Å². The molecule has 1 fully saturated rings. The maximum atomic E-state index is 6.48. The molecule has 2 unspecified atom stereocenters. The lowest BCUT2D eigenvalue weighted by molar-refractivity contribution is 0.853. The number of allylic oxidation sites excluding steroid dienone is 2. The lowest BCUT2D eigenvalue weighted by atomic mass is 9.92. The zero-order valence-corrected chi connectivity index (χ0v) is 11.2. The van der Waals surface area contributed by atoms with Gasteiger partial charge < -0.3 is 0 Å². The van der Waals surface area contributed by atoms with Gasteiger partial charge in [-0.25, -0.2) is 0 Å². The second-order valence-electron chi connectivity index (χ2n) is 3.85. The monoisotopic (exact) mass is 288 g/mol. The zero-order chi connectivity index (χ0) is 11.4. The van der Waals surface area contributed by atoms with Gasteiger partial charge >= 0.3 is 0 Å². The number of alkyl halides is 1. The minimum absolute atomic E-state index is 0.217. The van der Waals surface area contributed by atoms with Gasteiger partial charge in [-0.2, -0.15) is 0 Å². The number of thioether (sulfide) groups is 1. The molecular weight excluding hydrogens is 283 g/mol. The molecule has 2 atom stereocenters. The summed E-state index contributed by atoms with van der Waals surface area (Å²) in [5, 5.41) is 1.46. The largest absolute Gasteiger partial charge is 0.132 e. The van der Waals surface area contributed by atoms with E-state index in [-0.39, 0.29) is 8.95 Å². The van der Waals surface area contributed by atoms with Gasteiger partial charge in [-0.1, -0.05) is 41.4 Å². The number of rotatable bonds is 1. The predicted molar refractivity (Wildman–Crippen MR) is 72.4 cm³/mol. The van der Waals surface area contributed by atoms with Gasteiger partial charge in [0.2, 0.25) is 0 Å². The molecule has 82 valence electrons. The van der Waals surface area contributed by atoms with E-state index in [1.165, 1.54) is 0 Å². The third-order valence-electron chi connectivity index (χ3n) is 2.85. The zero-order valence-electron chi connectivity index (χ0n) is 8.08. The SMILES string of the molecule is ClC1=CC2(c3ccc(Cl)cc3)SC2(Cl)C=C1. The Labute approximate surface area is 113 Å². The van der Waals surface area contributed by atoms with Gasteiger partial charge in [0.05, 0.1) is 4.75 Å². The molecule has 0 saturated carbocycles. The van der Waals surface area contributed by atoms with E-state index in [1.807, 2.05) is 42.5 Å². The number of fused-ring (bicyclic) bond motifs is 1. The molecule has 0 bridgehead atoms. The highest BCUT2D eigenvalue weighted by molar-refractivity contribution is 8.11. The van der Waals surface area contributed by atoms with E-state index in [9.17, 15) is 0 Å². The van der Waals surface area contributed by atoms with E-state index >= 15 is 0 Å². The highest BCUT2D eigenvalue weighted by Crippen LogP contribution is 2.75. The molecule has 0 nitrogen and oxygen atoms in total. The van der Waals surface area contributed by atoms with Crippen LogP contribution in [0.3, 0.4) is 0 Å². The van der Waals surface area contributed by atoms with Gasteiger partial charge in [0.1, 0.15) is 4.21 Å². The van der Waals surface area contributed by atoms with Crippen molar-refractivity contribution in [1.29, 1.82) is 0 Å². The van der Waals surface area contributed by atoms with Crippen molar-refractivity contribution in [2.75, 3.05) is 0 Å². The van der Waals surface area contributed by atoms with Crippen molar-refractivity contribution < 1.29 is 0 Å². The van der Waals surface area contributed by atoms with Crippen LogP contribution in [-0.4, -0.2) is 4.21 Å². The summed E-state index contributed by atoms with van der Waals surface area (Å²) in [5.41, 5.74) is 1.14. The van der Waals surface area contributed by atoms with Crippen LogP contribution < -0.4 is 0 Å². The van der Waals surface area contributed by atoms with Crippen molar-refractivity contribution in [2.45, 2.75) is 8.95 Å². The summed E-state index contributed by atoms with van der Waals surface area (Å²) in [5.74, 6) is 0. The molecule has 0 aromatic heterocycles. The maximum Gasteiger partial charge on any atom is 0.132 e. The molecule has 0 amide bonds. The van der Waals surface area contributed by atoms with Crippen molar-refractivity contribution in [1.82, 2.24) is 0 Å². The first-order valence-corrected chi connectivity index (χ1v) is 6.73. The van der Waals surface area contributed by atoms with Crippen molar-refractivity contribution >= 4 is 46.6 Å². The Morgan fingerprint density at radius 1 is 1.06 bits per heavy atom. The summed E-state index contributed by atoms with van der Waals surface area (Å²) in [6.07, 6.45) is 5.81. The lowest BCUT2D eigenvalue weighted by Gasteiger charge is -2.17. The summed E-state index contributed by atoms with van der Waals surface area (Å²) in [6, 6.07) is 7.75. The van der Waals surface area contributed by atoms with Gasteiger partial charge in [0.15, 0.2) is 0 Å². The third kappa shape index (κ3) is 1.46. The molecule has 1 aromatic rings. The number of hydrogen-bond donors (Lipinski definition) is 0. The average Bonchev–Trinajstić information content (AvgIpc) is 2.86. The molecule has 0 spiro atoms. The minimum atomic E-state index is -0.376. The van der Waals surface area contributed by atoms with Crippen LogP contribution in [-0.2, 0) is 4.75 Å². The molecule has 1 heterocycles. The highest BCUT2D eigenvalue weighted by Gasteiger charge is 2.67. The Morgan fingerprint density at radius 2 is 1.75 bits per heavy atom. The molecule has 0 N–H and O–H groups in total. The standard InChI is InChI=1S/C12H7Cl3S/c13-9-3-1-8(2-4-9)11-7-10(14)5-6-12(11,15)16-11/h1-7H. The van der Waals surface area contributed by atoms with Crippen LogP contribution in [0, 0.1) is 0 Å². The summed E-state index contributed by atoms with van der Waals surface area (Å²) in [6.45, 7) is 0. The predicted octanol–water partition coefficient (Wildman–Crippen LogP) is 4.91. The maximum absolute atomic E-state index is 6.48. The second-order valence-corrected chi connectivity index (χ2v) is 7.04. The summed E-state index contributed by atoms with van der Waals surface area (Å²) < 4.78 is -0.593. The molecular formula is C12H7Cl3S. The fourth-order valence-corrected chi connectivity index (χ4v) is 4.21. The first-order valence-electron chi connectivity index (χ1n) is 4.78. The number of hydrogen-bond acceptors (Lipinski definition) is 1. The Kier molecular flexibility index (Phi) is 2.38. The molecule has 2 aliphatic rings. The van der Waals surface area contributed by atoms with E-state index in [2.05, 4.69) is 0 Å². The summed E-state index contributed by atoms with van der Waals surface area (Å²) >= 11 is 20.1. The van der Waals surface area contributed by atoms with Crippen molar-refractivity contribution in [3.8, 4) is 0 Å². The van der Waals surface area contributed by atoms with Crippen LogP contribution in [0.4, 0.5) is 0 Å². The molecule has 16 heavy (non-hydrogen) atoms. The lowest BCUT2D eigenvalue weighted by Crippen LogP contribution is -2.17. The smallest absolute Gasteiger partial charge is 0.114 e. The fraction of sp³-hybridized carbons (Fsp3) is 0.167. The van der Waals surface area contributed by atoms with E-state index in [0.29, 0.717) is 0 Å². The van der Waals surface area contributed by atoms with E-state index in [1.54, 1.807) is 11.8 Å². The van der Waals surface area contributed by atoms with Crippen molar-refractivity contribution in [3.63, 3.8) is 0 Å². The van der Waals surface area contributed by atoms with Gasteiger partial charge in [0, 0.05) is 10.1 Å². The van der Waals surface area contributed by atoms with Gasteiger partial charge in [-0.3, -0.25) is 0 Å². The van der Waals surface area contributed by atoms with Gasteiger partial charge in [0.25, 0.3) is 0 Å². The fourth-order valence-electron chi connectivity index (χ4n) is 1.96. The quantitative estimate of drug-likeness (QED) is 0.523. The van der Waals surface area contributed by atoms with Crippen LogP contribution in [0.2, 0.25) is 5.02 Å². The number of halogens is 3. The molecule has 1 aromatic carbocycles. The second kappa shape index (κ2) is 3.46. The molecule has 1 aliphatic heterocycles. The van der Waals surface area contributed by atoms with Crippen LogP contribution >= 0.6 is 46.6 Å². The minimum Gasteiger partial charge on any atom is -0.114 e. The normalized spacial score (nSPS) is 35.6. The van der Waals surface area contributed by atoms with Crippen molar-refractivity contribution in [2.24, 2.45) is 0 Å². The highest BCUT2D eigenvalue weighted by atomic mass is 35.5. The van der Waals surface area contributed by atoms with E-state index < -0.39 is 0 Å². The average molecular weight is 290 g/mol. The first-order chi connectivity index (χ1) is 7.56. The van der Waals surface area contributed by atoms with Gasteiger partial charge in [-0.15, -0.1) is 23.4 Å².